The smallest absolute Gasteiger partial charge is 0.310 e. The lowest BCUT2D eigenvalue weighted by atomic mass is 10.1. The van der Waals surface area contributed by atoms with Crippen LogP contribution in [0.5, 0.6) is 0 Å². The second kappa shape index (κ2) is 8.76. The van der Waals surface area contributed by atoms with Gasteiger partial charge in [-0.2, -0.15) is 0 Å². The van der Waals surface area contributed by atoms with Gasteiger partial charge in [-0.05, 0) is 26.2 Å². The van der Waals surface area contributed by atoms with E-state index in [1.807, 2.05) is 19.0 Å². The first-order valence-corrected chi connectivity index (χ1v) is 7.51. The fourth-order valence-electron chi connectivity index (χ4n) is 2.01. The van der Waals surface area contributed by atoms with Crippen LogP contribution in [0.25, 0.3) is 0 Å². The minimum atomic E-state index is -0.390. The zero-order valence-electron chi connectivity index (χ0n) is 13.5. The van der Waals surface area contributed by atoms with E-state index >= 15 is 0 Å². The molecule has 0 bridgehead atoms. The van der Waals surface area contributed by atoms with E-state index in [-0.39, 0.29) is 11.9 Å². The van der Waals surface area contributed by atoms with Gasteiger partial charge < -0.3 is 14.5 Å². The first-order valence-electron chi connectivity index (χ1n) is 7.13. The fourth-order valence-corrected chi connectivity index (χ4v) is 2.22. The summed E-state index contributed by atoms with van der Waals surface area (Å²) in [6.07, 6.45) is 0. The molecule has 0 aliphatic carbocycles. The van der Waals surface area contributed by atoms with Crippen LogP contribution < -0.4 is 0 Å². The molecular weight excluding hydrogens is 304 g/mol. The van der Waals surface area contributed by atoms with Gasteiger partial charge in [0.1, 0.15) is 0 Å². The lowest BCUT2D eigenvalue weighted by molar-refractivity contribution is -0.145. The van der Waals surface area contributed by atoms with Crippen molar-refractivity contribution >= 4 is 23.5 Å². The summed E-state index contributed by atoms with van der Waals surface area (Å²) in [5, 5.41) is 0.410. The molecule has 0 aliphatic heterocycles. The number of halogens is 1. The Morgan fingerprint density at radius 3 is 2.41 bits per heavy atom. The van der Waals surface area contributed by atoms with Crippen LogP contribution in [-0.4, -0.2) is 62.5 Å². The number of amides is 1. The Morgan fingerprint density at radius 1 is 1.23 bits per heavy atom. The maximum Gasteiger partial charge on any atom is 0.310 e. The van der Waals surface area contributed by atoms with Crippen molar-refractivity contribution in [2.75, 3.05) is 40.8 Å². The molecule has 0 N–H and O–H groups in total. The van der Waals surface area contributed by atoms with Crippen molar-refractivity contribution in [2.45, 2.75) is 6.92 Å². The van der Waals surface area contributed by atoms with Gasteiger partial charge in [0.05, 0.1) is 23.6 Å². The van der Waals surface area contributed by atoms with Crippen LogP contribution in [0.3, 0.4) is 0 Å². The molecular formula is C16H23ClN2O3. The molecule has 0 saturated heterocycles. The third-order valence-electron chi connectivity index (χ3n) is 3.31. The van der Waals surface area contributed by atoms with Crippen LogP contribution in [0, 0.1) is 5.92 Å². The molecule has 1 aromatic carbocycles. The Kier molecular flexibility index (Phi) is 7.35. The molecule has 0 radical (unpaired) electrons. The minimum Gasteiger partial charge on any atom is -0.469 e. The molecule has 0 aliphatic rings. The highest BCUT2D eigenvalue weighted by Crippen LogP contribution is 2.18. The number of carbonyl (C=O) groups is 2. The zero-order chi connectivity index (χ0) is 16.7. The predicted octanol–water partition coefficient (Wildman–Crippen LogP) is 2.15. The summed E-state index contributed by atoms with van der Waals surface area (Å²) in [4.78, 5) is 27.9. The van der Waals surface area contributed by atoms with E-state index in [9.17, 15) is 9.59 Å². The first-order chi connectivity index (χ1) is 10.4. The molecule has 5 nitrogen and oxygen atoms in total. The molecule has 0 fully saturated rings. The van der Waals surface area contributed by atoms with Crippen LogP contribution in [0.2, 0.25) is 5.02 Å². The lowest BCUT2D eigenvalue weighted by Gasteiger charge is -2.26. The number of carbonyl (C=O) groups excluding carboxylic acids is 2. The van der Waals surface area contributed by atoms with Gasteiger partial charge in [-0.1, -0.05) is 30.7 Å². The average molecular weight is 327 g/mol. The van der Waals surface area contributed by atoms with Crippen molar-refractivity contribution in [3.8, 4) is 0 Å². The largest absolute Gasteiger partial charge is 0.469 e. The Morgan fingerprint density at radius 2 is 1.86 bits per heavy atom. The number of benzene rings is 1. The lowest BCUT2D eigenvalue weighted by Crippen LogP contribution is -2.41. The SMILES string of the molecule is COC(=O)C(C)CN(CCN(C)C)C(=O)c1ccccc1Cl. The van der Waals surface area contributed by atoms with E-state index in [0.29, 0.717) is 30.2 Å². The number of ether oxygens (including phenoxy) is 1. The molecule has 1 aromatic rings. The predicted molar refractivity (Wildman–Crippen MR) is 87.1 cm³/mol. The van der Waals surface area contributed by atoms with Crippen molar-refractivity contribution in [1.29, 1.82) is 0 Å². The van der Waals surface area contributed by atoms with E-state index in [1.165, 1.54) is 7.11 Å². The standard InChI is InChI=1S/C16H23ClN2O3/c1-12(16(21)22-4)11-19(10-9-18(2)3)15(20)13-7-5-6-8-14(13)17/h5-8,12H,9-11H2,1-4H3. The second-order valence-corrected chi connectivity index (χ2v) is 5.87. The van der Waals surface area contributed by atoms with Crippen LogP contribution in [-0.2, 0) is 9.53 Å². The Balaban J connectivity index is 2.91. The number of hydrogen-bond donors (Lipinski definition) is 0. The number of rotatable bonds is 7. The average Bonchev–Trinajstić information content (AvgIpc) is 2.49. The second-order valence-electron chi connectivity index (χ2n) is 5.46. The van der Waals surface area contributed by atoms with Gasteiger partial charge in [0.15, 0.2) is 0 Å². The van der Waals surface area contributed by atoms with Gasteiger partial charge in [0, 0.05) is 19.6 Å². The maximum absolute atomic E-state index is 12.7. The number of methoxy groups -OCH3 is 1. The minimum absolute atomic E-state index is 0.178. The summed E-state index contributed by atoms with van der Waals surface area (Å²) in [5.74, 6) is -0.899. The summed E-state index contributed by atoms with van der Waals surface area (Å²) >= 11 is 6.10. The summed E-state index contributed by atoms with van der Waals surface area (Å²) in [7, 11) is 5.21. The fraction of sp³-hybridized carbons (Fsp3) is 0.500. The molecule has 1 amide bonds. The number of likely N-dealkylation sites (N-methyl/N-ethyl adjacent to an activating group) is 1. The van der Waals surface area contributed by atoms with Crippen LogP contribution in [0.1, 0.15) is 17.3 Å². The van der Waals surface area contributed by atoms with Crippen molar-refractivity contribution in [3.05, 3.63) is 34.9 Å². The highest BCUT2D eigenvalue weighted by atomic mass is 35.5. The first kappa shape index (κ1) is 18.5. The van der Waals surface area contributed by atoms with Crippen LogP contribution in [0.4, 0.5) is 0 Å². The molecule has 0 saturated carbocycles. The molecule has 0 heterocycles. The van der Waals surface area contributed by atoms with E-state index < -0.39 is 5.92 Å². The molecule has 0 aromatic heterocycles. The topological polar surface area (TPSA) is 49.9 Å². The highest BCUT2D eigenvalue weighted by Gasteiger charge is 2.23. The summed E-state index contributed by atoms with van der Waals surface area (Å²) in [5.41, 5.74) is 0.444. The van der Waals surface area contributed by atoms with E-state index in [4.69, 9.17) is 16.3 Å². The Hall–Kier alpha value is -1.59. The van der Waals surface area contributed by atoms with Crippen molar-refractivity contribution in [2.24, 2.45) is 5.92 Å². The number of esters is 1. The monoisotopic (exact) mass is 326 g/mol. The zero-order valence-corrected chi connectivity index (χ0v) is 14.3. The van der Waals surface area contributed by atoms with Gasteiger partial charge in [-0.25, -0.2) is 0 Å². The normalized spacial score (nSPS) is 12.1. The molecule has 1 unspecified atom stereocenters. The van der Waals surface area contributed by atoms with Crippen LogP contribution in [0.15, 0.2) is 24.3 Å². The van der Waals surface area contributed by atoms with Gasteiger partial charge in [-0.15, -0.1) is 0 Å². The Labute approximate surface area is 136 Å². The molecule has 1 atom stereocenters. The van der Waals surface area contributed by atoms with Crippen molar-refractivity contribution < 1.29 is 14.3 Å². The Bertz CT molecular complexity index is 520. The van der Waals surface area contributed by atoms with Crippen molar-refractivity contribution in [3.63, 3.8) is 0 Å². The molecule has 22 heavy (non-hydrogen) atoms. The van der Waals surface area contributed by atoms with Gasteiger partial charge in [0.25, 0.3) is 5.91 Å². The maximum atomic E-state index is 12.7. The number of hydrogen-bond acceptors (Lipinski definition) is 4. The third kappa shape index (κ3) is 5.31. The molecule has 6 heteroatoms. The molecule has 0 spiro atoms. The van der Waals surface area contributed by atoms with Crippen molar-refractivity contribution in [1.82, 2.24) is 9.80 Å². The summed E-state index contributed by atoms with van der Waals surface area (Å²) in [6, 6.07) is 6.92. The molecule has 122 valence electrons. The van der Waals surface area contributed by atoms with Gasteiger partial charge in [-0.3, -0.25) is 9.59 Å². The highest BCUT2D eigenvalue weighted by molar-refractivity contribution is 6.33. The van der Waals surface area contributed by atoms with Gasteiger partial charge in [0.2, 0.25) is 0 Å². The van der Waals surface area contributed by atoms with E-state index in [0.717, 1.165) is 0 Å². The summed E-state index contributed by atoms with van der Waals surface area (Å²) in [6.45, 7) is 3.25. The van der Waals surface area contributed by atoms with Gasteiger partial charge >= 0.3 is 5.97 Å². The van der Waals surface area contributed by atoms with Crippen LogP contribution >= 0.6 is 11.6 Å². The molecule has 1 rings (SSSR count). The van der Waals surface area contributed by atoms with E-state index in [2.05, 4.69) is 0 Å². The number of nitrogens with zero attached hydrogens (tertiary/aromatic N) is 2. The quantitative estimate of drug-likeness (QED) is 0.720. The summed E-state index contributed by atoms with van der Waals surface area (Å²) < 4.78 is 4.73. The third-order valence-corrected chi connectivity index (χ3v) is 3.64. The van der Waals surface area contributed by atoms with E-state index in [1.54, 1.807) is 36.1 Å².